The van der Waals surface area contributed by atoms with Crippen LogP contribution in [0.5, 0.6) is 0 Å². The average Bonchev–Trinajstić information content (AvgIpc) is 3.22. The van der Waals surface area contributed by atoms with Gasteiger partial charge in [-0.2, -0.15) is 5.10 Å². The Morgan fingerprint density at radius 1 is 1.15 bits per heavy atom. The molecule has 1 fully saturated rings. The lowest BCUT2D eigenvalue weighted by atomic mass is 10.1. The largest absolute Gasteiger partial charge is 0.382 e. The van der Waals surface area contributed by atoms with Crippen molar-refractivity contribution in [2.24, 2.45) is 0 Å². The molecule has 26 heavy (non-hydrogen) atoms. The summed E-state index contributed by atoms with van der Waals surface area (Å²) in [7, 11) is 0. The first-order valence-electron chi connectivity index (χ1n) is 8.76. The first kappa shape index (κ1) is 17.5. The van der Waals surface area contributed by atoms with E-state index in [1.165, 1.54) is 10.4 Å². The third kappa shape index (κ3) is 4.10. The van der Waals surface area contributed by atoms with E-state index < -0.39 is 0 Å². The molecule has 3 aromatic rings. The molecule has 0 aliphatic carbocycles. The Labute approximate surface area is 162 Å². The number of fused-ring (bicyclic) bond motifs is 1. The molecule has 0 spiro atoms. The zero-order valence-corrected chi connectivity index (χ0v) is 16.1. The molecule has 1 saturated heterocycles. The molecule has 0 radical (unpaired) electrons. The van der Waals surface area contributed by atoms with Gasteiger partial charge >= 0.3 is 0 Å². The molecule has 7 heteroatoms. The van der Waals surface area contributed by atoms with Crippen LogP contribution in [0.25, 0.3) is 17.0 Å². The number of hydrogen-bond acceptors (Lipinski definition) is 5. The minimum Gasteiger partial charge on any atom is -0.382 e. The number of benzene rings is 1. The summed E-state index contributed by atoms with van der Waals surface area (Å²) in [6.07, 6.45) is 4.39. The number of thiophene rings is 1. The fourth-order valence-corrected chi connectivity index (χ4v) is 4.30. The number of H-pyrrole nitrogens is 1. The summed E-state index contributed by atoms with van der Waals surface area (Å²) in [5, 5.41) is 8.06. The van der Waals surface area contributed by atoms with Crippen LogP contribution in [-0.4, -0.2) is 52.7 Å². The number of piperazine rings is 1. The fraction of sp³-hybridized carbons (Fsp3) is 0.316. The third-order valence-electron chi connectivity index (χ3n) is 4.77. The van der Waals surface area contributed by atoms with Gasteiger partial charge < -0.3 is 5.73 Å². The maximum Gasteiger partial charge on any atom is 0.153 e. The molecule has 136 valence electrons. The van der Waals surface area contributed by atoms with Crippen molar-refractivity contribution in [1.82, 2.24) is 20.0 Å². The SMILES string of the molecule is Nc1n[nH]c2cc(CN3CCN(CC=Cc4ccc(Cl)s4)CC3)ccc12. The number of aromatic amines is 1. The molecule has 0 atom stereocenters. The molecule has 0 saturated carbocycles. The van der Waals surface area contributed by atoms with Crippen molar-refractivity contribution < 1.29 is 0 Å². The highest BCUT2D eigenvalue weighted by atomic mass is 35.5. The van der Waals surface area contributed by atoms with Crippen molar-refractivity contribution >= 4 is 45.7 Å². The Kier molecular flexibility index (Phi) is 5.26. The standard InChI is InChI=1S/C19H22ClN5S/c20-18-6-4-15(26-18)2-1-7-24-8-10-25(11-9-24)13-14-3-5-16-17(12-14)22-23-19(16)21/h1-6,12H,7-11,13H2,(H3,21,22,23). The maximum atomic E-state index is 5.96. The Morgan fingerprint density at radius 2 is 1.96 bits per heavy atom. The molecule has 3 heterocycles. The number of aromatic nitrogens is 2. The minimum atomic E-state index is 0.568. The summed E-state index contributed by atoms with van der Waals surface area (Å²) in [5.74, 6) is 0.568. The minimum absolute atomic E-state index is 0.568. The van der Waals surface area contributed by atoms with E-state index in [9.17, 15) is 0 Å². The Morgan fingerprint density at radius 3 is 2.73 bits per heavy atom. The van der Waals surface area contributed by atoms with Crippen molar-refractivity contribution in [2.75, 3.05) is 38.5 Å². The third-order valence-corrected chi connectivity index (χ3v) is 5.96. The Balaban J connectivity index is 1.27. The second-order valence-corrected chi connectivity index (χ2v) is 8.36. The lowest BCUT2D eigenvalue weighted by Gasteiger charge is -2.34. The molecule has 1 aliphatic heterocycles. The number of nitrogen functional groups attached to an aromatic ring is 1. The highest BCUT2D eigenvalue weighted by molar-refractivity contribution is 7.16. The second-order valence-electron chi connectivity index (χ2n) is 6.61. The van der Waals surface area contributed by atoms with Crippen molar-refractivity contribution in [1.29, 1.82) is 0 Å². The molecule has 0 amide bonds. The van der Waals surface area contributed by atoms with E-state index in [0.717, 1.165) is 54.5 Å². The number of nitrogens with zero attached hydrogens (tertiary/aromatic N) is 3. The molecule has 0 unspecified atom stereocenters. The highest BCUT2D eigenvalue weighted by Gasteiger charge is 2.16. The summed E-state index contributed by atoms with van der Waals surface area (Å²) in [6.45, 7) is 6.31. The summed E-state index contributed by atoms with van der Waals surface area (Å²) >= 11 is 7.58. The van der Waals surface area contributed by atoms with Crippen LogP contribution in [0.1, 0.15) is 10.4 Å². The lowest BCUT2D eigenvalue weighted by Crippen LogP contribution is -2.45. The van der Waals surface area contributed by atoms with Crippen LogP contribution >= 0.6 is 22.9 Å². The van der Waals surface area contributed by atoms with Crippen molar-refractivity contribution in [3.05, 3.63) is 51.2 Å². The smallest absolute Gasteiger partial charge is 0.153 e. The second kappa shape index (κ2) is 7.80. The summed E-state index contributed by atoms with van der Waals surface area (Å²) in [4.78, 5) is 6.20. The number of rotatable bonds is 5. The van der Waals surface area contributed by atoms with Crippen LogP contribution in [0.3, 0.4) is 0 Å². The van der Waals surface area contributed by atoms with Gasteiger partial charge in [0.1, 0.15) is 0 Å². The van der Waals surface area contributed by atoms with Gasteiger partial charge in [0.2, 0.25) is 0 Å². The van der Waals surface area contributed by atoms with Crippen molar-refractivity contribution in [2.45, 2.75) is 6.54 Å². The van der Waals surface area contributed by atoms with Crippen LogP contribution in [0, 0.1) is 0 Å². The zero-order valence-electron chi connectivity index (χ0n) is 14.5. The number of halogens is 1. The molecule has 2 aromatic heterocycles. The van der Waals surface area contributed by atoms with Gasteiger partial charge in [-0.3, -0.25) is 14.9 Å². The number of anilines is 1. The molecule has 4 rings (SSSR count). The predicted molar refractivity (Wildman–Crippen MR) is 111 cm³/mol. The van der Waals surface area contributed by atoms with Gasteiger partial charge in [-0.05, 0) is 35.9 Å². The fourth-order valence-electron chi connectivity index (χ4n) is 3.31. The number of nitrogens with one attached hydrogen (secondary N) is 1. The van der Waals surface area contributed by atoms with Gasteiger partial charge in [0.15, 0.2) is 5.82 Å². The molecular weight excluding hydrogens is 366 g/mol. The van der Waals surface area contributed by atoms with E-state index in [1.807, 2.05) is 6.07 Å². The summed E-state index contributed by atoms with van der Waals surface area (Å²) < 4.78 is 0.842. The topological polar surface area (TPSA) is 61.2 Å². The van der Waals surface area contributed by atoms with Gasteiger partial charge in [-0.1, -0.05) is 23.7 Å². The van der Waals surface area contributed by atoms with Crippen molar-refractivity contribution in [3.63, 3.8) is 0 Å². The predicted octanol–water partition coefficient (Wildman–Crippen LogP) is 3.69. The molecule has 1 aliphatic rings. The van der Waals surface area contributed by atoms with Crippen LogP contribution in [0.4, 0.5) is 5.82 Å². The lowest BCUT2D eigenvalue weighted by molar-refractivity contribution is 0.137. The Hall–Kier alpha value is -1.86. The zero-order chi connectivity index (χ0) is 17.9. The average molecular weight is 388 g/mol. The van der Waals surface area contributed by atoms with Crippen LogP contribution in [0.15, 0.2) is 36.4 Å². The number of hydrogen-bond donors (Lipinski definition) is 2. The van der Waals surface area contributed by atoms with E-state index in [-0.39, 0.29) is 0 Å². The van der Waals surface area contributed by atoms with E-state index in [1.54, 1.807) is 11.3 Å². The van der Waals surface area contributed by atoms with Crippen LogP contribution < -0.4 is 5.73 Å². The monoisotopic (exact) mass is 387 g/mol. The normalized spacial score (nSPS) is 16.8. The quantitative estimate of drug-likeness (QED) is 0.700. The van der Waals surface area contributed by atoms with E-state index >= 15 is 0 Å². The van der Waals surface area contributed by atoms with E-state index in [2.05, 4.69) is 56.4 Å². The van der Waals surface area contributed by atoms with Gasteiger partial charge in [-0.15, -0.1) is 11.3 Å². The van der Waals surface area contributed by atoms with E-state index in [4.69, 9.17) is 17.3 Å². The summed E-state index contributed by atoms with van der Waals surface area (Å²) in [6, 6.07) is 10.4. The van der Waals surface area contributed by atoms with Gasteiger partial charge in [-0.25, -0.2) is 0 Å². The van der Waals surface area contributed by atoms with Gasteiger partial charge in [0, 0.05) is 49.5 Å². The Bertz CT molecular complexity index is 908. The highest BCUT2D eigenvalue weighted by Crippen LogP contribution is 2.22. The van der Waals surface area contributed by atoms with Crippen molar-refractivity contribution in [3.8, 4) is 0 Å². The molecular formula is C19H22ClN5S. The number of nitrogens with two attached hydrogens (primary N) is 1. The molecule has 5 nitrogen and oxygen atoms in total. The van der Waals surface area contributed by atoms with Crippen LogP contribution in [-0.2, 0) is 6.54 Å². The first-order chi connectivity index (χ1) is 12.7. The summed E-state index contributed by atoms with van der Waals surface area (Å²) in [5.41, 5.74) is 8.14. The van der Waals surface area contributed by atoms with E-state index in [0.29, 0.717) is 5.82 Å². The first-order valence-corrected chi connectivity index (χ1v) is 9.96. The maximum absolute atomic E-state index is 5.96. The molecule has 3 N–H and O–H groups in total. The van der Waals surface area contributed by atoms with Crippen LogP contribution in [0.2, 0.25) is 4.34 Å². The van der Waals surface area contributed by atoms with Gasteiger partial charge in [0.05, 0.1) is 9.85 Å². The molecule has 0 bridgehead atoms. The van der Waals surface area contributed by atoms with Gasteiger partial charge in [0.25, 0.3) is 0 Å². The molecule has 1 aromatic carbocycles.